The highest BCUT2D eigenvalue weighted by Crippen LogP contribution is 2.30. The van der Waals surface area contributed by atoms with Crippen molar-refractivity contribution in [3.8, 4) is 0 Å². The summed E-state index contributed by atoms with van der Waals surface area (Å²) in [5.41, 5.74) is 0. The predicted molar refractivity (Wildman–Crippen MR) is 114 cm³/mol. The first-order valence-corrected chi connectivity index (χ1v) is 19.8. The number of amides is 1. The highest BCUT2D eigenvalue weighted by atomic mass is 28.4. The molecule has 0 aromatic carbocycles. The lowest BCUT2D eigenvalue weighted by molar-refractivity contribution is -0.245. The van der Waals surface area contributed by atoms with Gasteiger partial charge in [0.25, 0.3) is 0 Å². The largest absolute Gasteiger partial charge is 0.415 e. The second-order valence-electron chi connectivity index (χ2n) is 10.1. The van der Waals surface area contributed by atoms with Gasteiger partial charge in [-0.3, -0.25) is 4.79 Å². The van der Waals surface area contributed by atoms with E-state index in [9.17, 15) is 9.90 Å². The van der Waals surface area contributed by atoms with Crippen LogP contribution in [0.2, 0.25) is 58.9 Å². The quantitative estimate of drug-likeness (QED) is 0.568. The molecule has 0 spiro atoms. The molecule has 1 rings (SSSR count). The maximum absolute atomic E-state index is 11.7. The first-order valence-electron chi connectivity index (χ1n) is 9.59. The molecule has 0 aliphatic carbocycles. The van der Waals surface area contributed by atoms with Gasteiger partial charge in [0.15, 0.2) is 31.2 Å². The average molecular weight is 438 g/mol. The van der Waals surface area contributed by atoms with Gasteiger partial charge in [0, 0.05) is 6.92 Å². The summed E-state index contributed by atoms with van der Waals surface area (Å²) in [6, 6.07) is -0.682. The van der Waals surface area contributed by atoms with Crippen molar-refractivity contribution < 1.29 is 27.9 Å². The summed E-state index contributed by atoms with van der Waals surface area (Å²) in [5, 5.41) is 13.4. The normalized spacial score (nSPS) is 30.3. The standard InChI is InChI=1S/C17H39NO6Si3/c1-12(19)18-14-16(24-27(8,9)10)15(23-26(5,6)7)13(22-17(14)20)11-21-25(2,3)4/h13-17,20H,11H2,1-10H3,(H,18,19). The number of aliphatic hydroxyl groups is 1. The van der Waals surface area contributed by atoms with Gasteiger partial charge in [-0.05, 0) is 58.9 Å². The van der Waals surface area contributed by atoms with E-state index >= 15 is 0 Å². The first kappa shape index (κ1) is 25.0. The van der Waals surface area contributed by atoms with Crippen molar-refractivity contribution in [3.63, 3.8) is 0 Å². The van der Waals surface area contributed by atoms with Crippen LogP contribution in [0.25, 0.3) is 0 Å². The van der Waals surface area contributed by atoms with Crippen molar-refractivity contribution in [2.45, 2.75) is 96.5 Å². The van der Waals surface area contributed by atoms with Crippen molar-refractivity contribution in [2.75, 3.05) is 6.61 Å². The molecule has 160 valence electrons. The number of aliphatic hydroxyl groups excluding tert-OH is 1. The second kappa shape index (κ2) is 9.16. The summed E-state index contributed by atoms with van der Waals surface area (Å²) < 4.78 is 24.8. The van der Waals surface area contributed by atoms with Gasteiger partial charge in [0.05, 0.1) is 12.7 Å². The van der Waals surface area contributed by atoms with Crippen molar-refractivity contribution in [3.05, 3.63) is 0 Å². The Bertz CT molecular complexity index is 500. The lowest BCUT2D eigenvalue weighted by atomic mass is 9.97. The molecule has 0 radical (unpaired) electrons. The Hall–Kier alpha value is -0.0794. The molecule has 0 saturated carbocycles. The van der Waals surface area contributed by atoms with Gasteiger partial charge in [-0.1, -0.05) is 0 Å². The SMILES string of the molecule is CC(=O)NC1C(O)OC(CO[Si](C)(C)C)C(O[Si](C)(C)C)C1O[Si](C)(C)C. The molecule has 7 nitrogen and oxygen atoms in total. The van der Waals surface area contributed by atoms with Gasteiger partial charge < -0.3 is 28.4 Å². The molecule has 1 aliphatic heterocycles. The summed E-state index contributed by atoms with van der Waals surface area (Å²) in [7, 11) is -5.71. The molecule has 5 unspecified atom stereocenters. The topological polar surface area (TPSA) is 86.3 Å². The Morgan fingerprint density at radius 3 is 1.81 bits per heavy atom. The molecule has 2 N–H and O–H groups in total. The van der Waals surface area contributed by atoms with Crippen LogP contribution >= 0.6 is 0 Å². The molecule has 0 aromatic heterocycles. The fraction of sp³-hybridized carbons (Fsp3) is 0.941. The Morgan fingerprint density at radius 1 is 0.926 bits per heavy atom. The maximum Gasteiger partial charge on any atom is 0.217 e. The van der Waals surface area contributed by atoms with Gasteiger partial charge in [0.1, 0.15) is 18.2 Å². The van der Waals surface area contributed by atoms with Crippen molar-refractivity contribution in [1.82, 2.24) is 5.32 Å². The minimum atomic E-state index is -1.99. The van der Waals surface area contributed by atoms with E-state index < -0.39 is 55.6 Å². The third kappa shape index (κ3) is 9.31. The van der Waals surface area contributed by atoms with Crippen LogP contribution in [0.1, 0.15) is 6.92 Å². The van der Waals surface area contributed by atoms with Crippen LogP contribution in [-0.2, 0) is 22.8 Å². The molecule has 27 heavy (non-hydrogen) atoms. The number of rotatable bonds is 8. The van der Waals surface area contributed by atoms with Gasteiger partial charge in [-0.25, -0.2) is 0 Å². The number of hydrogen-bond donors (Lipinski definition) is 2. The highest BCUT2D eigenvalue weighted by molar-refractivity contribution is 6.70. The van der Waals surface area contributed by atoms with E-state index in [0.29, 0.717) is 6.61 Å². The number of carbonyl (C=O) groups is 1. The molecule has 1 aliphatic rings. The Balaban J connectivity index is 3.22. The van der Waals surface area contributed by atoms with Crippen molar-refractivity contribution >= 4 is 30.9 Å². The Morgan fingerprint density at radius 2 is 1.41 bits per heavy atom. The number of carbonyl (C=O) groups excluding carboxylic acids is 1. The molecular weight excluding hydrogens is 398 g/mol. The van der Waals surface area contributed by atoms with Crippen molar-refractivity contribution in [2.24, 2.45) is 0 Å². The second-order valence-corrected chi connectivity index (χ2v) is 23.5. The number of ether oxygens (including phenoxy) is 1. The Labute approximate surface area is 167 Å². The Kier molecular flexibility index (Phi) is 8.47. The summed E-state index contributed by atoms with van der Waals surface area (Å²) >= 11 is 0. The third-order valence-electron chi connectivity index (χ3n) is 3.70. The van der Waals surface area contributed by atoms with Gasteiger partial charge in [-0.2, -0.15) is 0 Å². The van der Waals surface area contributed by atoms with Crippen LogP contribution in [0, 0.1) is 0 Å². The lowest BCUT2D eigenvalue weighted by Crippen LogP contribution is -2.68. The predicted octanol–water partition coefficient (Wildman–Crippen LogP) is 2.50. The highest BCUT2D eigenvalue weighted by Gasteiger charge is 2.50. The molecule has 0 bridgehead atoms. The first-order chi connectivity index (χ1) is 12.0. The van der Waals surface area contributed by atoms with E-state index in [1.54, 1.807) is 0 Å². The van der Waals surface area contributed by atoms with E-state index in [0.717, 1.165) is 0 Å². The van der Waals surface area contributed by atoms with Crippen LogP contribution in [0.4, 0.5) is 0 Å². The van der Waals surface area contributed by atoms with E-state index in [1.807, 2.05) is 0 Å². The van der Waals surface area contributed by atoms with E-state index in [1.165, 1.54) is 6.92 Å². The molecule has 10 heteroatoms. The molecule has 5 atom stereocenters. The average Bonchev–Trinajstić information content (AvgIpc) is 2.40. The fourth-order valence-electron chi connectivity index (χ4n) is 2.87. The van der Waals surface area contributed by atoms with Crippen LogP contribution in [-0.4, -0.2) is 73.2 Å². The third-order valence-corrected chi connectivity index (χ3v) is 6.69. The van der Waals surface area contributed by atoms with E-state index in [-0.39, 0.29) is 5.91 Å². The lowest BCUT2D eigenvalue weighted by Gasteiger charge is -2.48. The van der Waals surface area contributed by atoms with Crippen LogP contribution in [0.15, 0.2) is 0 Å². The van der Waals surface area contributed by atoms with Crippen molar-refractivity contribution in [1.29, 1.82) is 0 Å². The number of hydrogen-bond acceptors (Lipinski definition) is 6. The summed E-state index contributed by atoms with van der Waals surface area (Å²) in [5.74, 6) is -0.240. The molecule has 1 heterocycles. The van der Waals surface area contributed by atoms with Gasteiger partial charge >= 0.3 is 0 Å². The summed E-state index contributed by atoms with van der Waals surface area (Å²) in [6.07, 6.45) is -2.54. The number of nitrogens with one attached hydrogen (secondary N) is 1. The van der Waals surface area contributed by atoms with E-state index in [4.69, 9.17) is 18.0 Å². The smallest absolute Gasteiger partial charge is 0.217 e. The zero-order valence-corrected chi connectivity index (χ0v) is 21.6. The molecule has 1 fully saturated rings. The van der Waals surface area contributed by atoms with Gasteiger partial charge in [-0.15, -0.1) is 0 Å². The minimum absolute atomic E-state index is 0.240. The van der Waals surface area contributed by atoms with Crippen LogP contribution in [0.5, 0.6) is 0 Å². The zero-order chi connectivity index (χ0) is 21.2. The van der Waals surface area contributed by atoms with Crippen LogP contribution in [0.3, 0.4) is 0 Å². The fourth-order valence-corrected chi connectivity index (χ4v) is 5.74. The zero-order valence-electron chi connectivity index (χ0n) is 18.6. The van der Waals surface area contributed by atoms with E-state index in [2.05, 4.69) is 64.2 Å². The minimum Gasteiger partial charge on any atom is -0.415 e. The van der Waals surface area contributed by atoms with Crippen LogP contribution < -0.4 is 5.32 Å². The molecular formula is C17H39NO6Si3. The summed E-state index contributed by atoms with van der Waals surface area (Å²) in [6.45, 7) is 20.6. The van der Waals surface area contributed by atoms with Gasteiger partial charge in [0.2, 0.25) is 5.91 Å². The molecule has 0 aromatic rings. The maximum atomic E-state index is 11.7. The molecule has 1 saturated heterocycles. The molecule has 1 amide bonds. The monoisotopic (exact) mass is 437 g/mol. The summed E-state index contributed by atoms with van der Waals surface area (Å²) in [4.78, 5) is 11.7.